The van der Waals surface area contributed by atoms with Crippen LogP contribution in [0.1, 0.15) is 26.2 Å². The van der Waals surface area contributed by atoms with Gasteiger partial charge in [0, 0.05) is 19.2 Å². The summed E-state index contributed by atoms with van der Waals surface area (Å²) in [6.07, 6.45) is 3.48. The smallest absolute Gasteiger partial charge is 0.0443 e. The van der Waals surface area contributed by atoms with Crippen LogP contribution in [0.5, 0.6) is 0 Å². The number of aliphatic hydroxyl groups is 1. The standard InChI is InChI=1S/C11H24N2O/c1-3-13-8-5-11(6-9-13)12(2)7-4-10-14/h11,14H,3-10H2,1-2H3. The molecule has 14 heavy (non-hydrogen) atoms. The van der Waals surface area contributed by atoms with E-state index in [1.807, 2.05) is 0 Å². The maximum absolute atomic E-state index is 8.76. The highest BCUT2D eigenvalue weighted by molar-refractivity contribution is 4.77. The first-order chi connectivity index (χ1) is 6.77. The summed E-state index contributed by atoms with van der Waals surface area (Å²) in [5, 5.41) is 8.76. The molecule has 0 aliphatic carbocycles. The molecule has 0 bridgehead atoms. The summed E-state index contributed by atoms with van der Waals surface area (Å²) >= 11 is 0. The molecule has 3 heteroatoms. The lowest BCUT2D eigenvalue weighted by Gasteiger charge is -2.36. The molecule has 0 unspecified atom stereocenters. The molecule has 0 spiro atoms. The summed E-state index contributed by atoms with van der Waals surface area (Å²) in [6.45, 7) is 7.25. The molecule has 1 fully saturated rings. The molecule has 1 aliphatic heterocycles. The zero-order valence-electron chi connectivity index (χ0n) is 9.58. The zero-order chi connectivity index (χ0) is 10.4. The van der Waals surface area contributed by atoms with Gasteiger partial charge in [-0.05, 0) is 45.9 Å². The summed E-state index contributed by atoms with van der Waals surface area (Å²) < 4.78 is 0. The molecule has 0 aromatic carbocycles. The zero-order valence-corrected chi connectivity index (χ0v) is 9.58. The Balaban J connectivity index is 2.19. The van der Waals surface area contributed by atoms with Gasteiger partial charge in [0.05, 0.1) is 0 Å². The van der Waals surface area contributed by atoms with Crippen LogP contribution in [0.2, 0.25) is 0 Å². The summed E-state index contributed by atoms with van der Waals surface area (Å²) in [4.78, 5) is 4.92. The van der Waals surface area contributed by atoms with Gasteiger partial charge < -0.3 is 14.9 Å². The molecule has 1 aliphatic rings. The third-order valence-corrected chi connectivity index (χ3v) is 3.30. The predicted molar refractivity (Wildman–Crippen MR) is 59.5 cm³/mol. The van der Waals surface area contributed by atoms with Gasteiger partial charge in [0.2, 0.25) is 0 Å². The molecule has 1 saturated heterocycles. The predicted octanol–water partition coefficient (Wildman–Crippen LogP) is 0.785. The van der Waals surface area contributed by atoms with Gasteiger partial charge in [0.1, 0.15) is 0 Å². The molecular formula is C11H24N2O. The number of hydrogen-bond donors (Lipinski definition) is 1. The van der Waals surface area contributed by atoms with Crippen LogP contribution in [0.4, 0.5) is 0 Å². The fourth-order valence-electron chi connectivity index (χ4n) is 2.18. The molecule has 0 amide bonds. The number of rotatable bonds is 5. The van der Waals surface area contributed by atoms with Crippen molar-refractivity contribution in [3.05, 3.63) is 0 Å². The minimum absolute atomic E-state index is 0.318. The van der Waals surface area contributed by atoms with Crippen LogP contribution in [0.3, 0.4) is 0 Å². The number of aliphatic hydroxyl groups excluding tert-OH is 1. The first-order valence-electron chi connectivity index (χ1n) is 5.81. The fourth-order valence-corrected chi connectivity index (χ4v) is 2.18. The fraction of sp³-hybridized carbons (Fsp3) is 1.00. The summed E-state index contributed by atoms with van der Waals surface area (Å²) in [6, 6.07) is 0.740. The van der Waals surface area contributed by atoms with E-state index in [1.165, 1.54) is 32.5 Å². The van der Waals surface area contributed by atoms with Gasteiger partial charge in [-0.15, -0.1) is 0 Å². The molecule has 0 aromatic rings. The van der Waals surface area contributed by atoms with Gasteiger partial charge in [0.15, 0.2) is 0 Å². The Labute approximate surface area is 87.7 Å². The number of piperidine rings is 1. The van der Waals surface area contributed by atoms with Crippen molar-refractivity contribution in [2.45, 2.75) is 32.2 Å². The van der Waals surface area contributed by atoms with Crippen molar-refractivity contribution in [2.75, 3.05) is 39.8 Å². The Bertz CT molecular complexity index is 144. The lowest BCUT2D eigenvalue weighted by Crippen LogP contribution is -2.43. The highest BCUT2D eigenvalue weighted by Crippen LogP contribution is 2.14. The van der Waals surface area contributed by atoms with E-state index in [-0.39, 0.29) is 0 Å². The van der Waals surface area contributed by atoms with Crippen LogP contribution in [0.25, 0.3) is 0 Å². The van der Waals surface area contributed by atoms with Crippen LogP contribution in [-0.4, -0.2) is 60.8 Å². The van der Waals surface area contributed by atoms with E-state index >= 15 is 0 Å². The van der Waals surface area contributed by atoms with E-state index in [0.29, 0.717) is 6.61 Å². The highest BCUT2D eigenvalue weighted by Gasteiger charge is 2.20. The summed E-state index contributed by atoms with van der Waals surface area (Å²) in [5.74, 6) is 0. The van der Waals surface area contributed by atoms with Crippen molar-refractivity contribution in [1.82, 2.24) is 9.80 Å². The first-order valence-corrected chi connectivity index (χ1v) is 5.81. The number of likely N-dealkylation sites (tertiary alicyclic amines) is 1. The van der Waals surface area contributed by atoms with Crippen LogP contribution >= 0.6 is 0 Å². The van der Waals surface area contributed by atoms with Crippen LogP contribution in [0, 0.1) is 0 Å². The summed E-state index contributed by atoms with van der Waals surface area (Å²) in [5.41, 5.74) is 0. The lowest BCUT2D eigenvalue weighted by atomic mass is 10.0. The molecule has 1 N–H and O–H groups in total. The molecule has 84 valence electrons. The molecule has 0 saturated carbocycles. The SMILES string of the molecule is CCN1CCC(N(C)CCCO)CC1. The topological polar surface area (TPSA) is 26.7 Å². The van der Waals surface area contributed by atoms with E-state index < -0.39 is 0 Å². The van der Waals surface area contributed by atoms with Gasteiger partial charge in [-0.2, -0.15) is 0 Å². The average Bonchev–Trinajstić information content (AvgIpc) is 2.26. The second-order valence-corrected chi connectivity index (χ2v) is 4.22. The minimum Gasteiger partial charge on any atom is -0.396 e. The third kappa shape index (κ3) is 3.56. The van der Waals surface area contributed by atoms with Gasteiger partial charge in [-0.25, -0.2) is 0 Å². The van der Waals surface area contributed by atoms with E-state index in [9.17, 15) is 0 Å². The van der Waals surface area contributed by atoms with E-state index in [4.69, 9.17) is 5.11 Å². The van der Waals surface area contributed by atoms with Crippen molar-refractivity contribution in [2.24, 2.45) is 0 Å². The number of hydrogen-bond acceptors (Lipinski definition) is 3. The van der Waals surface area contributed by atoms with Crippen molar-refractivity contribution >= 4 is 0 Å². The van der Waals surface area contributed by atoms with Crippen LogP contribution < -0.4 is 0 Å². The Morgan fingerprint density at radius 1 is 1.36 bits per heavy atom. The van der Waals surface area contributed by atoms with Gasteiger partial charge in [0.25, 0.3) is 0 Å². The van der Waals surface area contributed by atoms with Crippen molar-refractivity contribution in [3.63, 3.8) is 0 Å². The Hall–Kier alpha value is -0.120. The molecule has 1 heterocycles. The normalized spacial score (nSPS) is 20.6. The first kappa shape index (κ1) is 12.0. The van der Waals surface area contributed by atoms with Gasteiger partial charge >= 0.3 is 0 Å². The third-order valence-electron chi connectivity index (χ3n) is 3.30. The van der Waals surface area contributed by atoms with Crippen molar-refractivity contribution in [3.8, 4) is 0 Å². The molecule has 0 atom stereocenters. The van der Waals surface area contributed by atoms with Crippen molar-refractivity contribution < 1.29 is 5.11 Å². The number of nitrogens with zero attached hydrogens (tertiary/aromatic N) is 2. The second kappa shape index (κ2) is 6.38. The Morgan fingerprint density at radius 2 is 2.00 bits per heavy atom. The van der Waals surface area contributed by atoms with Crippen LogP contribution in [-0.2, 0) is 0 Å². The Morgan fingerprint density at radius 3 is 2.50 bits per heavy atom. The van der Waals surface area contributed by atoms with Gasteiger partial charge in [-0.3, -0.25) is 0 Å². The molecule has 1 rings (SSSR count). The minimum atomic E-state index is 0.318. The molecular weight excluding hydrogens is 176 g/mol. The van der Waals surface area contributed by atoms with Crippen molar-refractivity contribution in [1.29, 1.82) is 0 Å². The Kier molecular flexibility index (Phi) is 5.45. The molecule has 3 nitrogen and oxygen atoms in total. The molecule has 0 aromatic heterocycles. The van der Waals surface area contributed by atoms with Crippen LogP contribution in [0.15, 0.2) is 0 Å². The maximum Gasteiger partial charge on any atom is 0.0443 e. The second-order valence-electron chi connectivity index (χ2n) is 4.22. The molecule has 0 radical (unpaired) electrons. The maximum atomic E-state index is 8.76. The van der Waals surface area contributed by atoms with Gasteiger partial charge in [-0.1, -0.05) is 6.92 Å². The average molecular weight is 200 g/mol. The summed E-state index contributed by atoms with van der Waals surface area (Å²) in [7, 11) is 2.18. The highest BCUT2D eigenvalue weighted by atomic mass is 16.3. The quantitative estimate of drug-likeness (QED) is 0.710. The van der Waals surface area contributed by atoms with E-state index in [1.54, 1.807) is 0 Å². The van der Waals surface area contributed by atoms with E-state index in [0.717, 1.165) is 19.0 Å². The largest absolute Gasteiger partial charge is 0.396 e. The monoisotopic (exact) mass is 200 g/mol. The lowest BCUT2D eigenvalue weighted by molar-refractivity contribution is 0.125. The van der Waals surface area contributed by atoms with E-state index in [2.05, 4.69) is 23.8 Å².